The highest BCUT2D eigenvalue weighted by atomic mass is 32.2. The number of carbonyl (C=O) groups excluding carboxylic acids is 1. The summed E-state index contributed by atoms with van der Waals surface area (Å²) >= 11 is 0. The monoisotopic (exact) mass is 295 g/mol. The van der Waals surface area contributed by atoms with Gasteiger partial charge in [-0.1, -0.05) is 31.5 Å². The first kappa shape index (κ1) is 15.0. The molecule has 1 aromatic rings. The Hall–Kier alpha value is -1.36. The second kappa shape index (κ2) is 6.39. The van der Waals surface area contributed by atoms with E-state index in [0.717, 1.165) is 12.8 Å². The highest BCUT2D eigenvalue weighted by Gasteiger charge is 2.34. The Kier molecular flexibility index (Phi) is 4.81. The molecule has 0 spiro atoms. The average molecular weight is 295 g/mol. The van der Waals surface area contributed by atoms with Gasteiger partial charge < -0.3 is 4.90 Å². The van der Waals surface area contributed by atoms with Crippen molar-refractivity contribution in [3.63, 3.8) is 0 Å². The maximum absolute atomic E-state index is 12.6. The maximum Gasteiger partial charge on any atom is 0.254 e. The van der Waals surface area contributed by atoms with Gasteiger partial charge >= 0.3 is 0 Å². The zero-order valence-corrected chi connectivity index (χ0v) is 12.6. The third-order valence-corrected chi connectivity index (χ3v) is 5.43. The molecular weight excluding hydrogens is 274 g/mol. The van der Waals surface area contributed by atoms with Crippen LogP contribution in [0.2, 0.25) is 0 Å². The van der Waals surface area contributed by atoms with E-state index < -0.39 is 9.84 Å². The molecule has 1 saturated heterocycles. The first-order valence-corrected chi connectivity index (χ1v) is 8.92. The van der Waals surface area contributed by atoms with Gasteiger partial charge in [0.2, 0.25) is 0 Å². The molecular formula is C15H21NO3S. The zero-order valence-electron chi connectivity index (χ0n) is 11.8. The smallest absolute Gasteiger partial charge is 0.254 e. The SMILES string of the molecule is CCCCN(C(=O)c1ccccc1)C1CCS(=O)(=O)C1. The van der Waals surface area contributed by atoms with Crippen LogP contribution in [0.3, 0.4) is 0 Å². The number of unbranched alkanes of at least 4 members (excludes halogenated alkanes) is 1. The molecule has 110 valence electrons. The van der Waals surface area contributed by atoms with Gasteiger partial charge in [0, 0.05) is 18.2 Å². The Morgan fingerprint density at radius 2 is 2.00 bits per heavy atom. The van der Waals surface area contributed by atoms with E-state index in [1.807, 2.05) is 18.2 Å². The van der Waals surface area contributed by atoms with Crippen LogP contribution in [0, 0.1) is 0 Å². The zero-order chi connectivity index (χ0) is 14.6. The third-order valence-electron chi connectivity index (χ3n) is 3.68. The summed E-state index contributed by atoms with van der Waals surface area (Å²) in [5.41, 5.74) is 0.632. The molecule has 5 heteroatoms. The minimum Gasteiger partial charge on any atom is -0.335 e. The molecule has 1 unspecified atom stereocenters. The van der Waals surface area contributed by atoms with Gasteiger partial charge in [0.05, 0.1) is 11.5 Å². The summed E-state index contributed by atoms with van der Waals surface area (Å²) < 4.78 is 23.3. The van der Waals surface area contributed by atoms with Crippen molar-refractivity contribution in [2.75, 3.05) is 18.1 Å². The molecule has 0 N–H and O–H groups in total. The predicted octanol–water partition coefficient (Wildman–Crippen LogP) is 2.12. The van der Waals surface area contributed by atoms with Crippen LogP contribution in [0.5, 0.6) is 0 Å². The lowest BCUT2D eigenvalue weighted by molar-refractivity contribution is 0.0694. The fourth-order valence-corrected chi connectivity index (χ4v) is 4.28. The Balaban J connectivity index is 2.17. The van der Waals surface area contributed by atoms with Gasteiger partial charge in [0.25, 0.3) is 5.91 Å². The minimum absolute atomic E-state index is 0.0545. The number of hydrogen-bond acceptors (Lipinski definition) is 3. The van der Waals surface area contributed by atoms with Crippen molar-refractivity contribution in [2.45, 2.75) is 32.2 Å². The van der Waals surface area contributed by atoms with Crippen LogP contribution in [0.4, 0.5) is 0 Å². The van der Waals surface area contributed by atoms with Gasteiger partial charge in [0.15, 0.2) is 9.84 Å². The fraction of sp³-hybridized carbons (Fsp3) is 0.533. The lowest BCUT2D eigenvalue weighted by Crippen LogP contribution is -2.41. The van der Waals surface area contributed by atoms with Crippen molar-refractivity contribution in [3.05, 3.63) is 35.9 Å². The van der Waals surface area contributed by atoms with Gasteiger partial charge in [-0.25, -0.2) is 8.42 Å². The standard InChI is InChI=1S/C15H21NO3S/c1-2-3-10-16(14-9-11-20(18,19)12-14)15(17)13-7-5-4-6-8-13/h4-8,14H,2-3,9-12H2,1H3. The highest BCUT2D eigenvalue weighted by molar-refractivity contribution is 7.91. The van der Waals surface area contributed by atoms with E-state index in [-0.39, 0.29) is 23.5 Å². The van der Waals surface area contributed by atoms with E-state index in [1.54, 1.807) is 17.0 Å². The summed E-state index contributed by atoms with van der Waals surface area (Å²) in [5.74, 6) is 0.249. The molecule has 0 aromatic heterocycles. The van der Waals surface area contributed by atoms with Crippen LogP contribution in [-0.4, -0.2) is 43.3 Å². The van der Waals surface area contributed by atoms with Crippen molar-refractivity contribution in [2.24, 2.45) is 0 Å². The first-order valence-electron chi connectivity index (χ1n) is 7.10. The van der Waals surface area contributed by atoms with Crippen molar-refractivity contribution in [3.8, 4) is 0 Å². The van der Waals surface area contributed by atoms with E-state index in [0.29, 0.717) is 18.5 Å². The number of carbonyl (C=O) groups is 1. The van der Waals surface area contributed by atoms with Crippen LogP contribution in [0.1, 0.15) is 36.5 Å². The Morgan fingerprint density at radius 1 is 1.30 bits per heavy atom. The third kappa shape index (κ3) is 3.60. The summed E-state index contributed by atoms with van der Waals surface area (Å²) in [7, 11) is -2.98. The summed E-state index contributed by atoms with van der Waals surface area (Å²) in [6.07, 6.45) is 2.44. The highest BCUT2D eigenvalue weighted by Crippen LogP contribution is 2.20. The quantitative estimate of drug-likeness (QED) is 0.836. The number of benzene rings is 1. The van der Waals surface area contributed by atoms with Gasteiger partial charge in [-0.3, -0.25) is 4.79 Å². The second-order valence-electron chi connectivity index (χ2n) is 5.27. The minimum atomic E-state index is -2.98. The molecule has 20 heavy (non-hydrogen) atoms. The van der Waals surface area contributed by atoms with E-state index in [4.69, 9.17) is 0 Å². The summed E-state index contributed by atoms with van der Waals surface area (Å²) in [6, 6.07) is 8.93. The first-order chi connectivity index (χ1) is 9.53. The number of rotatable bonds is 5. The molecule has 1 atom stereocenters. The normalized spacial score (nSPS) is 20.8. The molecule has 1 heterocycles. The van der Waals surface area contributed by atoms with Gasteiger partial charge in [0.1, 0.15) is 0 Å². The molecule has 0 saturated carbocycles. The van der Waals surface area contributed by atoms with E-state index in [2.05, 4.69) is 6.92 Å². The van der Waals surface area contributed by atoms with Gasteiger partial charge in [-0.05, 0) is 25.0 Å². The second-order valence-corrected chi connectivity index (χ2v) is 7.50. The Morgan fingerprint density at radius 3 is 2.55 bits per heavy atom. The van der Waals surface area contributed by atoms with Crippen LogP contribution in [0.25, 0.3) is 0 Å². The Bertz CT molecular complexity index is 554. The number of nitrogens with zero attached hydrogens (tertiary/aromatic N) is 1. The van der Waals surface area contributed by atoms with Gasteiger partial charge in [-0.15, -0.1) is 0 Å². The number of hydrogen-bond donors (Lipinski definition) is 0. The molecule has 1 aliphatic rings. The summed E-state index contributed by atoms with van der Waals surface area (Å²) in [4.78, 5) is 14.3. The van der Waals surface area contributed by atoms with E-state index in [1.165, 1.54) is 0 Å². The molecule has 0 radical (unpaired) electrons. The van der Waals surface area contributed by atoms with Crippen LogP contribution >= 0.6 is 0 Å². The van der Waals surface area contributed by atoms with Crippen molar-refractivity contribution < 1.29 is 13.2 Å². The lowest BCUT2D eigenvalue weighted by atomic mass is 10.1. The van der Waals surface area contributed by atoms with Crippen LogP contribution < -0.4 is 0 Å². The maximum atomic E-state index is 12.6. The van der Waals surface area contributed by atoms with E-state index >= 15 is 0 Å². The lowest BCUT2D eigenvalue weighted by Gasteiger charge is -2.28. The van der Waals surface area contributed by atoms with Crippen molar-refractivity contribution in [1.82, 2.24) is 4.90 Å². The van der Waals surface area contributed by atoms with Gasteiger partial charge in [-0.2, -0.15) is 0 Å². The molecule has 1 aliphatic heterocycles. The molecule has 0 aliphatic carbocycles. The number of amides is 1. The van der Waals surface area contributed by atoms with Crippen molar-refractivity contribution >= 4 is 15.7 Å². The van der Waals surface area contributed by atoms with Crippen LogP contribution in [-0.2, 0) is 9.84 Å². The number of sulfone groups is 1. The molecule has 1 aromatic carbocycles. The topological polar surface area (TPSA) is 54.5 Å². The van der Waals surface area contributed by atoms with Crippen molar-refractivity contribution in [1.29, 1.82) is 0 Å². The molecule has 1 amide bonds. The molecule has 4 nitrogen and oxygen atoms in total. The summed E-state index contributed by atoms with van der Waals surface area (Å²) in [5, 5.41) is 0. The summed E-state index contributed by atoms with van der Waals surface area (Å²) in [6.45, 7) is 2.70. The van der Waals surface area contributed by atoms with E-state index in [9.17, 15) is 13.2 Å². The molecule has 0 bridgehead atoms. The molecule has 2 rings (SSSR count). The molecule has 1 fully saturated rings. The Labute approximate surface area is 120 Å². The largest absolute Gasteiger partial charge is 0.335 e. The van der Waals surface area contributed by atoms with Crippen LogP contribution in [0.15, 0.2) is 30.3 Å². The predicted molar refractivity (Wildman–Crippen MR) is 79.4 cm³/mol. The average Bonchev–Trinajstić information content (AvgIpc) is 2.80. The fourth-order valence-electron chi connectivity index (χ4n) is 2.55.